The Hall–Kier alpha value is -3.91. The molecule has 0 aliphatic rings. The Bertz CT molecular complexity index is 1320. The lowest BCUT2D eigenvalue weighted by atomic mass is 9.90. The fourth-order valence-electron chi connectivity index (χ4n) is 3.83. The summed E-state index contributed by atoms with van der Waals surface area (Å²) in [5, 5.41) is 4.20. The molecule has 5 aromatic carbocycles. The third-order valence-corrected chi connectivity index (χ3v) is 5.14. The number of benzene rings is 5. The summed E-state index contributed by atoms with van der Waals surface area (Å²) in [4.78, 5) is 13.0. The largest absolute Gasteiger partial charge is 0.423 e. The third-order valence-electron chi connectivity index (χ3n) is 5.14. The SMILES string of the molecule is O=C(Oc1ccccc1)c1cccc2c(-c3ccccc3)c3ccccc3cc12. The van der Waals surface area contributed by atoms with Gasteiger partial charge in [0.05, 0.1) is 5.56 Å². The van der Waals surface area contributed by atoms with E-state index in [2.05, 4.69) is 36.4 Å². The Morgan fingerprint density at radius 1 is 0.586 bits per heavy atom. The van der Waals surface area contributed by atoms with Crippen molar-refractivity contribution >= 4 is 27.5 Å². The Labute approximate surface area is 169 Å². The van der Waals surface area contributed by atoms with E-state index in [4.69, 9.17) is 4.74 Å². The monoisotopic (exact) mass is 374 g/mol. The molecule has 5 rings (SSSR count). The first kappa shape index (κ1) is 17.2. The minimum Gasteiger partial charge on any atom is -0.423 e. The van der Waals surface area contributed by atoms with E-state index < -0.39 is 0 Å². The quantitative estimate of drug-likeness (QED) is 0.195. The number of fused-ring (bicyclic) bond motifs is 2. The predicted octanol–water partition coefficient (Wildman–Crippen LogP) is 6.88. The highest BCUT2D eigenvalue weighted by Gasteiger charge is 2.17. The highest BCUT2D eigenvalue weighted by molar-refractivity contribution is 6.17. The van der Waals surface area contributed by atoms with E-state index in [9.17, 15) is 4.79 Å². The van der Waals surface area contributed by atoms with Gasteiger partial charge in [0.2, 0.25) is 0 Å². The molecule has 0 amide bonds. The highest BCUT2D eigenvalue weighted by atomic mass is 16.5. The molecule has 0 aliphatic heterocycles. The molecule has 0 aromatic heterocycles. The average Bonchev–Trinajstić information content (AvgIpc) is 2.78. The molecular weight excluding hydrogens is 356 g/mol. The van der Waals surface area contributed by atoms with Gasteiger partial charge in [-0.05, 0) is 56.9 Å². The van der Waals surface area contributed by atoms with Crippen LogP contribution in [0.3, 0.4) is 0 Å². The van der Waals surface area contributed by atoms with E-state index in [1.807, 2.05) is 60.7 Å². The molecule has 2 nitrogen and oxygen atoms in total. The minimum atomic E-state index is -0.351. The van der Waals surface area contributed by atoms with Crippen molar-refractivity contribution in [2.75, 3.05) is 0 Å². The Morgan fingerprint density at radius 2 is 1.24 bits per heavy atom. The summed E-state index contributed by atoms with van der Waals surface area (Å²) in [7, 11) is 0. The molecule has 2 heteroatoms. The van der Waals surface area contributed by atoms with Gasteiger partial charge in [0.25, 0.3) is 0 Å². The maximum absolute atomic E-state index is 13.0. The third kappa shape index (κ3) is 3.15. The number of rotatable bonds is 3. The zero-order valence-corrected chi connectivity index (χ0v) is 15.7. The van der Waals surface area contributed by atoms with Crippen LogP contribution in [0.4, 0.5) is 0 Å². The standard InChI is InChI=1S/C27H18O2/c28-27(29-21-13-5-2-6-14-21)24-17-9-16-23-25(24)18-20-12-7-8-15-22(20)26(23)19-10-3-1-4-11-19/h1-18H. The normalized spacial score (nSPS) is 10.9. The zero-order valence-electron chi connectivity index (χ0n) is 15.7. The molecule has 0 aliphatic carbocycles. The van der Waals surface area contributed by atoms with E-state index in [0.29, 0.717) is 11.3 Å². The lowest BCUT2D eigenvalue weighted by Crippen LogP contribution is -2.09. The Balaban J connectivity index is 1.76. The summed E-state index contributed by atoms with van der Waals surface area (Å²) in [5.74, 6) is 0.190. The van der Waals surface area contributed by atoms with E-state index in [-0.39, 0.29) is 5.97 Å². The maximum Gasteiger partial charge on any atom is 0.344 e. The van der Waals surface area contributed by atoms with E-state index in [1.54, 1.807) is 12.1 Å². The van der Waals surface area contributed by atoms with Crippen LogP contribution in [0.25, 0.3) is 32.7 Å². The summed E-state index contributed by atoms with van der Waals surface area (Å²) in [6.07, 6.45) is 0. The van der Waals surface area contributed by atoms with Crippen molar-refractivity contribution in [1.29, 1.82) is 0 Å². The van der Waals surface area contributed by atoms with Gasteiger partial charge in [-0.3, -0.25) is 0 Å². The summed E-state index contributed by atoms with van der Waals surface area (Å²) in [5.41, 5.74) is 2.82. The van der Waals surface area contributed by atoms with Crippen molar-refractivity contribution in [2.45, 2.75) is 0 Å². The summed E-state index contributed by atoms with van der Waals surface area (Å²) in [6.45, 7) is 0. The lowest BCUT2D eigenvalue weighted by Gasteiger charge is -2.14. The number of carbonyl (C=O) groups excluding carboxylic acids is 1. The number of para-hydroxylation sites is 1. The number of ether oxygens (including phenoxy) is 1. The second kappa shape index (κ2) is 7.25. The molecular formula is C27H18O2. The zero-order chi connectivity index (χ0) is 19.6. The van der Waals surface area contributed by atoms with Crippen molar-refractivity contribution in [2.24, 2.45) is 0 Å². The van der Waals surface area contributed by atoms with Gasteiger partial charge in [-0.1, -0.05) is 84.9 Å². The predicted molar refractivity (Wildman–Crippen MR) is 118 cm³/mol. The van der Waals surface area contributed by atoms with Crippen molar-refractivity contribution < 1.29 is 9.53 Å². The molecule has 5 aromatic rings. The van der Waals surface area contributed by atoms with Crippen LogP contribution in [-0.4, -0.2) is 5.97 Å². The molecule has 0 saturated heterocycles. The fourth-order valence-corrected chi connectivity index (χ4v) is 3.83. The molecule has 0 saturated carbocycles. The maximum atomic E-state index is 13.0. The van der Waals surface area contributed by atoms with Gasteiger partial charge in [-0.25, -0.2) is 4.79 Å². The number of hydrogen-bond acceptors (Lipinski definition) is 2. The molecule has 0 bridgehead atoms. The van der Waals surface area contributed by atoms with E-state index in [1.165, 1.54) is 5.39 Å². The average molecular weight is 374 g/mol. The number of hydrogen-bond donors (Lipinski definition) is 0. The second-order valence-corrected chi connectivity index (χ2v) is 6.94. The van der Waals surface area contributed by atoms with Crippen molar-refractivity contribution in [3.8, 4) is 16.9 Å². The van der Waals surface area contributed by atoms with Crippen LogP contribution in [0.2, 0.25) is 0 Å². The van der Waals surface area contributed by atoms with Crippen LogP contribution in [-0.2, 0) is 0 Å². The van der Waals surface area contributed by atoms with Crippen molar-refractivity contribution in [1.82, 2.24) is 0 Å². The lowest BCUT2D eigenvalue weighted by molar-refractivity contribution is 0.0737. The molecule has 0 radical (unpaired) electrons. The topological polar surface area (TPSA) is 26.3 Å². The Kier molecular flexibility index (Phi) is 4.30. The molecule has 138 valence electrons. The van der Waals surface area contributed by atoms with Gasteiger partial charge in [0, 0.05) is 0 Å². The van der Waals surface area contributed by atoms with Gasteiger partial charge >= 0.3 is 5.97 Å². The van der Waals surface area contributed by atoms with E-state index in [0.717, 1.165) is 27.3 Å². The molecule has 0 spiro atoms. The first-order valence-corrected chi connectivity index (χ1v) is 9.58. The molecule has 0 atom stereocenters. The first-order valence-electron chi connectivity index (χ1n) is 9.58. The van der Waals surface area contributed by atoms with Crippen LogP contribution in [0, 0.1) is 0 Å². The second-order valence-electron chi connectivity index (χ2n) is 6.94. The Morgan fingerprint density at radius 3 is 2.03 bits per heavy atom. The molecule has 0 N–H and O–H groups in total. The molecule has 0 fully saturated rings. The number of carbonyl (C=O) groups is 1. The van der Waals surface area contributed by atoms with Crippen LogP contribution in [0.15, 0.2) is 109 Å². The summed E-state index contributed by atoms with van der Waals surface area (Å²) >= 11 is 0. The van der Waals surface area contributed by atoms with Gasteiger partial charge in [-0.2, -0.15) is 0 Å². The number of esters is 1. The van der Waals surface area contributed by atoms with Crippen molar-refractivity contribution in [3.05, 3.63) is 115 Å². The fraction of sp³-hybridized carbons (Fsp3) is 0. The molecule has 0 unspecified atom stereocenters. The van der Waals surface area contributed by atoms with Gasteiger partial charge < -0.3 is 4.74 Å². The summed E-state index contributed by atoms with van der Waals surface area (Å²) < 4.78 is 5.63. The first-order chi connectivity index (χ1) is 14.3. The van der Waals surface area contributed by atoms with E-state index >= 15 is 0 Å². The summed E-state index contributed by atoms with van der Waals surface area (Å²) in [6, 6.07) is 35.7. The van der Waals surface area contributed by atoms with Crippen LogP contribution < -0.4 is 4.74 Å². The van der Waals surface area contributed by atoms with Crippen LogP contribution >= 0.6 is 0 Å². The smallest absolute Gasteiger partial charge is 0.344 e. The minimum absolute atomic E-state index is 0.351. The molecule has 29 heavy (non-hydrogen) atoms. The van der Waals surface area contributed by atoms with Crippen LogP contribution in [0.5, 0.6) is 5.75 Å². The van der Waals surface area contributed by atoms with Crippen LogP contribution in [0.1, 0.15) is 10.4 Å². The van der Waals surface area contributed by atoms with Gasteiger partial charge in [0.1, 0.15) is 5.75 Å². The van der Waals surface area contributed by atoms with Gasteiger partial charge in [0.15, 0.2) is 0 Å². The molecule has 0 heterocycles. The van der Waals surface area contributed by atoms with Crippen molar-refractivity contribution in [3.63, 3.8) is 0 Å². The van der Waals surface area contributed by atoms with Gasteiger partial charge in [-0.15, -0.1) is 0 Å². The highest BCUT2D eigenvalue weighted by Crippen LogP contribution is 2.37.